The maximum atomic E-state index is 12.9. The molecule has 0 aromatic heterocycles. The van der Waals surface area contributed by atoms with Gasteiger partial charge in [-0.15, -0.1) is 0 Å². The van der Waals surface area contributed by atoms with E-state index in [4.69, 9.17) is 11.5 Å². The highest BCUT2D eigenvalue weighted by Crippen LogP contribution is 2.35. The number of nitrogens with two attached hydrogens (primary N) is 2. The predicted molar refractivity (Wildman–Crippen MR) is 51.7 cm³/mol. The average Bonchev–Trinajstić information content (AvgIpc) is 2.83. The normalized spacial score (nSPS) is 16.1. The van der Waals surface area contributed by atoms with Crippen LogP contribution in [0, 0.1) is 11.7 Å². The molecule has 70 valence electrons. The Morgan fingerprint density at radius 2 is 2.00 bits per heavy atom. The van der Waals surface area contributed by atoms with Gasteiger partial charge in [0.05, 0.1) is 11.4 Å². The molecular weight excluding hydrogens is 167 g/mol. The standard InChI is InChI=1S/C10H13FN2/c11-8-4-7(3-6-1-2-6)10(13)9(12)5-8/h4-6H,1-3,12-13H2. The number of rotatable bonds is 2. The molecule has 0 unspecified atom stereocenters. The van der Waals surface area contributed by atoms with Crippen molar-refractivity contribution in [2.24, 2.45) is 5.92 Å². The smallest absolute Gasteiger partial charge is 0.125 e. The monoisotopic (exact) mass is 180 g/mol. The first kappa shape index (κ1) is 8.35. The molecule has 1 aromatic rings. The second-order valence-corrected chi connectivity index (χ2v) is 3.72. The van der Waals surface area contributed by atoms with Gasteiger partial charge in [0.2, 0.25) is 0 Å². The highest BCUT2D eigenvalue weighted by Gasteiger charge is 2.23. The molecule has 1 fully saturated rings. The lowest BCUT2D eigenvalue weighted by atomic mass is 10.1. The molecule has 2 nitrogen and oxygen atoms in total. The lowest BCUT2D eigenvalue weighted by molar-refractivity contribution is 0.625. The summed E-state index contributed by atoms with van der Waals surface area (Å²) in [4.78, 5) is 0. The molecule has 1 saturated carbocycles. The third-order valence-electron chi connectivity index (χ3n) is 2.47. The van der Waals surface area contributed by atoms with E-state index in [1.54, 1.807) is 0 Å². The van der Waals surface area contributed by atoms with Gasteiger partial charge in [-0.1, -0.05) is 0 Å². The summed E-state index contributed by atoms with van der Waals surface area (Å²) >= 11 is 0. The molecule has 1 aliphatic rings. The molecule has 1 aromatic carbocycles. The number of halogens is 1. The molecule has 0 atom stereocenters. The van der Waals surface area contributed by atoms with Crippen molar-refractivity contribution in [1.82, 2.24) is 0 Å². The van der Waals surface area contributed by atoms with Crippen molar-refractivity contribution in [2.75, 3.05) is 11.5 Å². The fourth-order valence-corrected chi connectivity index (χ4v) is 1.50. The number of hydrogen-bond acceptors (Lipinski definition) is 2. The van der Waals surface area contributed by atoms with Crippen LogP contribution in [0.3, 0.4) is 0 Å². The fourth-order valence-electron chi connectivity index (χ4n) is 1.50. The Morgan fingerprint density at radius 3 is 2.62 bits per heavy atom. The Bertz CT molecular complexity index is 332. The fraction of sp³-hybridized carbons (Fsp3) is 0.400. The van der Waals surface area contributed by atoms with Crippen molar-refractivity contribution < 1.29 is 4.39 Å². The van der Waals surface area contributed by atoms with Crippen LogP contribution < -0.4 is 11.5 Å². The van der Waals surface area contributed by atoms with Crippen LogP contribution in [0.1, 0.15) is 18.4 Å². The molecule has 0 aliphatic heterocycles. The molecule has 0 amide bonds. The molecule has 0 radical (unpaired) electrons. The van der Waals surface area contributed by atoms with Gasteiger partial charge < -0.3 is 11.5 Å². The maximum absolute atomic E-state index is 12.9. The Balaban J connectivity index is 2.30. The van der Waals surface area contributed by atoms with Gasteiger partial charge >= 0.3 is 0 Å². The largest absolute Gasteiger partial charge is 0.397 e. The van der Waals surface area contributed by atoms with Crippen LogP contribution in [0.25, 0.3) is 0 Å². The van der Waals surface area contributed by atoms with Crippen LogP contribution in [0.2, 0.25) is 0 Å². The van der Waals surface area contributed by atoms with Crippen molar-refractivity contribution >= 4 is 11.4 Å². The van der Waals surface area contributed by atoms with Crippen LogP contribution in [-0.2, 0) is 6.42 Å². The molecule has 13 heavy (non-hydrogen) atoms. The first-order valence-electron chi connectivity index (χ1n) is 4.50. The van der Waals surface area contributed by atoms with Gasteiger partial charge in [0.25, 0.3) is 0 Å². The van der Waals surface area contributed by atoms with Crippen molar-refractivity contribution in [2.45, 2.75) is 19.3 Å². The number of nitrogen functional groups attached to an aromatic ring is 2. The zero-order valence-electron chi connectivity index (χ0n) is 7.39. The van der Waals surface area contributed by atoms with E-state index in [1.807, 2.05) is 0 Å². The minimum absolute atomic E-state index is 0.289. The SMILES string of the molecule is Nc1cc(F)cc(CC2CC2)c1N. The highest BCUT2D eigenvalue weighted by molar-refractivity contribution is 5.67. The molecule has 1 aliphatic carbocycles. The van der Waals surface area contributed by atoms with Crippen molar-refractivity contribution in [1.29, 1.82) is 0 Å². The third kappa shape index (κ3) is 1.74. The minimum atomic E-state index is -0.289. The van der Waals surface area contributed by atoms with Crippen LogP contribution in [0.4, 0.5) is 15.8 Å². The van der Waals surface area contributed by atoms with Crippen LogP contribution >= 0.6 is 0 Å². The summed E-state index contributed by atoms with van der Waals surface area (Å²) in [5.41, 5.74) is 13.1. The molecule has 0 heterocycles. The Morgan fingerprint density at radius 1 is 1.31 bits per heavy atom. The molecule has 3 heteroatoms. The van der Waals surface area contributed by atoms with Gasteiger partial charge in [-0.3, -0.25) is 0 Å². The van der Waals surface area contributed by atoms with E-state index in [9.17, 15) is 4.39 Å². The van der Waals surface area contributed by atoms with Gasteiger partial charge in [-0.25, -0.2) is 4.39 Å². The van der Waals surface area contributed by atoms with Gasteiger partial charge in [0.1, 0.15) is 5.82 Å². The quantitative estimate of drug-likeness (QED) is 0.683. The van der Waals surface area contributed by atoms with Crippen LogP contribution in [0.15, 0.2) is 12.1 Å². The van der Waals surface area contributed by atoms with Crippen molar-refractivity contribution in [3.8, 4) is 0 Å². The number of anilines is 2. The van der Waals surface area contributed by atoms with Gasteiger partial charge in [0.15, 0.2) is 0 Å². The molecule has 4 N–H and O–H groups in total. The number of hydrogen-bond donors (Lipinski definition) is 2. The summed E-state index contributed by atoms with van der Waals surface area (Å²) in [6.07, 6.45) is 3.33. The molecule has 0 bridgehead atoms. The van der Waals surface area contributed by atoms with Crippen LogP contribution in [0.5, 0.6) is 0 Å². The Hall–Kier alpha value is -1.25. The van der Waals surface area contributed by atoms with E-state index in [0.717, 1.165) is 12.0 Å². The molecule has 0 spiro atoms. The first-order chi connectivity index (χ1) is 6.16. The average molecular weight is 180 g/mol. The third-order valence-corrected chi connectivity index (χ3v) is 2.47. The van der Waals surface area contributed by atoms with Crippen molar-refractivity contribution in [3.05, 3.63) is 23.5 Å². The zero-order valence-corrected chi connectivity index (χ0v) is 7.39. The van der Waals surface area contributed by atoms with E-state index < -0.39 is 0 Å². The second kappa shape index (κ2) is 2.91. The highest BCUT2D eigenvalue weighted by atomic mass is 19.1. The first-order valence-corrected chi connectivity index (χ1v) is 4.50. The van der Waals surface area contributed by atoms with Crippen LogP contribution in [-0.4, -0.2) is 0 Å². The van der Waals surface area contributed by atoms with Crippen molar-refractivity contribution in [3.63, 3.8) is 0 Å². The molecule has 0 saturated heterocycles. The zero-order chi connectivity index (χ0) is 9.42. The Kier molecular flexibility index (Phi) is 1.87. The van der Waals surface area contributed by atoms with E-state index in [2.05, 4.69) is 0 Å². The lowest BCUT2D eigenvalue weighted by Crippen LogP contribution is -2.02. The summed E-state index contributed by atoms with van der Waals surface area (Å²) in [6.45, 7) is 0. The summed E-state index contributed by atoms with van der Waals surface area (Å²) in [5, 5.41) is 0. The van der Waals surface area contributed by atoms with Gasteiger partial charge in [0, 0.05) is 0 Å². The summed E-state index contributed by atoms with van der Waals surface area (Å²) in [6, 6.07) is 2.76. The molecular formula is C10H13FN2. The van der Waals surface area contributed by atoms with E-state index >= 15 is 0 Å². The van der Waals surface area contributed by atoms with E-state index in [0.29, 0.717) is 17.3 Å². The molecule has 2 rings (SSSR count). The lowest BCUT2D eigenvalue weighted by Gasteiger charge is -2.07. The summed E-state index contributed by atoms with van der Waals surface area (Å²) in [5.74, 6) is 0.408. The van der Waals surface area contributed by atoms with Gasteiger partial charge in [-0.05, 0) is 42.9 Å². The second-order valence-electron chi connectivity index (χ2n) is 3.72. The van der Waals surface area contributed by atoms with E-state index in [1.165, 1.54) is 25.0 Å². The topological polar surface area (TPSA) is 52.0 Å². The summed E-state index contributed by atoms with van der Waals surface area (Å²) in [7, 11) is 0. The minimum Gasteiger partial charge on any atom is -0.397 e. The van der Waals surface area contributed by atoms with E-state index in [-0.39, 0.29) is 5.82 Å². The Labute approximate surface area is 76.7 Å². The number of benzene rings is 1. The maximum Gasteiger partial charge on any atom is 0.125 e. The summed E-state index contributed by atoms with van der Waals surface area (Å²) < 4.78 is 12.9. The predicted octanol–water partition coefficient (Wildman–Crippen LogP) is 1.94. The van der Waals surface area contributed by atoms with Gasteiger partial charge in [-0.2, -0.15) is 0 Å².